The Bertz CT molecular complexity index is 790. The Balaban J connectivity index is 1.85. The lowest BCUT2D eigenvalue weighted by Gasteiger charge is -2.14. The van der Waals surface area contributed by atoms with Crippen molar-refractivity contribution >= 4 is 23.9 Å². The first-order valence-electron chi connectivity index (χ1n) is 6.83. The Morgan fingerprint density at radius 1 is 0.783 bits per heavy atom. The Morgan fingerprint density at radius 3 is 2.13 bits per heavy atom. The average Bonchev–Trinajstić information content (AvgIpc) is 2.52. The van der Waals surface area contributed by atoms with E-state index in [1.807, 2.05) is 41.0 Å². The largest absolute Gasteiger partial charge is 0.457 e. The van der Waals surface area contributed by atoms with Crippen LogP contribution in [-0.4, -0.2) is 17.8 Å². The molecule has 1 heterocycles. The SMILES string of the molecule is O=C1NC(=O)C(=Cc2cccc(Oc3ccccc3)c2)C(=O)N1. The Morgan fingerprint density at radius 2 is 1.43 bits per heavy atom. The number of para-hydroxylation sites is 1. The van der Waals surface area contributed by atoms with Crippen LogP contribution in [0.4, 0.5) is 4.79 Å². The molecule has 0 spiro atoms. The Kier molecular flexibility index (Phi) is 3.88. The van der Waals surface area contributed by atoms with E-state index in [1.54, 1.807) is 24.3 Å². The van der Waals surface area contributed by atoms with Gasteiger partial charge in [0.05, 0.1) is 0 Å². The highest BCUT2D eigenvalue weighted by Gasteiger charge is 2.27. The van der Waals surface area contributed by atoms with Crippen molar-refractivity contribution in [1.82, 2.24) is 10.6 Å². The van der Waals surface area contributed by atoms with Crippen molar-refractivity contribution < 1.29 is 19.1 Å². The van der Waals surface area contributed by atoms with Gasteiger partial charge in [-0.15, -0.1) is 0 Å². The molecule has 2 aromatic carbocycles. The fourth-order valence-electron chi connectivity index (χ4n) is 2.07. The number of barbiturate groups is 1. The number of hydrogen-bond donors (Lipinski definition) is 2. The number of carbonyl (C=O) groups excluding carboxylic acids is 3. The normalized spacial score (nSPS) is 14.1. The summed E-state index contributed by atoms with van der Waals surface area (Å²) in [5, 5.41) is 4.05. The van der Waals surface area contributed by atoms with Gasteiger partial charge in [0.25, 0.3) is 11.8 Å². The summed E-state index contributed by atoms with van der Waals surface area (Å²) in [5.74, 6) is -0.212. The van der Waals surface area contributed by atoms with E-state index in [0.29, 0.717) is 17.1 Å². The number of rotatable bonds is 3. The zero-order chi connectivity index (χ0) is 16.2. The predicted molar refractivity (Wildman–Crippen MR) is 82.6 cm³/mol. The van der Waals surface area contributed by atoms with E-state index >= 15 is 0 Å². The Labute approximate surface area is 131 Å². The fraction of sp³-hybridized carbons (Fsp3) is 0. The highest BCUT2D eigenvalue weighted by Crippen LogP contribution is 2.23. The van der Waals surface area contributed by atoms with E-state index in [9.17, 15) is 14.4 Å². The van der Waals surface area contributed by atoms with Gasteiger partial charge in [-0.1, -0.05) is 30.3 Å². The van der Waals surface area contributed by atoms with Crippen molar-refractivity contribution in [2.24, 2.45) is 0 Å². The first kappa shape index (κ1) is 14.5. The molecule has 0 aromatic heterocycles. The van der Waals surface area contributed by atoms with Gasteiger partial charge in [-0.05, 0) is 35.9 Å². The van der Waals surface area contributed by atoms with Gasteiger partial charge in [0.2, 0.25) is 0 Å². The minimum atomic E-state index is -0.821. The van der Waals surface area contributed by atoms with Crippen LogP contribution in [-0.2, 0) is 9.59 Å². The van der Waals surface area contributed by atoms with Crippen molar-refractivity contribution in [1.29, 1.82) is 0 Å². The lowest BCUT2D eigenvalue weighted by molar-refractivity contribution is -0.123. The van der Waals surface area contributed by atoms with Crippen LogP contribution in [0.15, 0.2) is 60.2 Å². The minimum absolute atomic E-state index is 0.138. The van der Waals surface area contributed by atoms with Crippen LogP contribution in [0.2, 0.25) is 0 Å². The molecule has 0 bridgehead atoms. The number of ether oxygens (including phenoxy) is 1. The summed E-state index contributed by atoms with van der Waals surface area (Å²) in [6.45, 7) is 0. The monoisotopic (exact) mass is 308 g/mol. The molecule has 6 heteroatoms. The van der Waals surface area contributed by atoms with Crippen LogP contribution in [0.3, 0.4) is 0 Å². The lowest BCUT2D eigenvalue weighted by atomic mass is 10.1. The minimum Gasteiger partial charge on any atom is -0.457 e. The van der Waals surface area contributed by atoms with Crippen molar-refractivity contribution in [3.63, 3.8) is 0 Å². The summed E-state index contributed by atoms with van der Waals surface area (Å²) in [7, 11) is 0. The summed E-state index contributed by atoms with van der Waals surface area (Å²) in [5.41, 5.74) is 0.467. The number of carbonyl (C=O) groups is 3. The highest BCUT2D eigenvalue weighted by molar-refractivity contribution is 6.31. The van der Waals surface area contributed by atoms with Crippen LogP contribution in [0.5, 0.6) is 11.5 Å². The third-order valence-corrected chi connectivity index (χ3v) is 3.09. The van der Waals surface area contributed by atoms with E-state index in [0.717, 1.165) is 0 Å². The van der Waals surface area contributed by atoms with Crippen LogP contribution in [0.1, 0.15) is 5.56 Å². The summed E-state index contributed by atoms with van der Waals surface area (Å²) in [6.07, 6.45) is 1.40. The molecule has 6 nitrogen and oxygen atoms in total. The third kappa shape index (κ3) is 3.44. The van der Waals surface area contributed by atoms with Crippen LogP contribution in [0, 0.1) is 0 Å². The molecular weight excluding hydrogens is 296 g/mol. The van der Waals surface area contributed by atoms with Crippen molar-refractivity contribution in [2.75, 3.05) is 0 Å². The molecule has 1 saturated heterocycles. The first-order valence-corrected chi connectivity index (χ1v) is 6.83. The van der Waals surface area contributed by atoms with Crippen LogP contribution in [0.25, 0.3) is 6.08 Å². The molecule has 2 aromatic rings. The second-order valence-corrected chi connectivity index (χ2v) is 4.78. The smallest absolute Gasteiger partial charge is 0.328 e. The van der Waals surface area contributed by atoms with Gasteiger partial charge in [0.15, 0.2) is 0 Å². The van der Waals surface area contributed by atoms with Gasteiger partial charge in [-0.3, -0.25) is 20.2 Å². The number of nitrogens with one attached hydrogen (secondary N) is 2. The fourth-order valence-corrected chi connectivity index (χ4v) is 2.07. The second-order valence-electron chi connectivity index (χ2n) is 4.78. The van der Waals surface area contributed by atoms with Crippen molar-refractivity contribution in [2.45, 2.75) is 0 Å². The van der Waals surface area contributed by atoms with E-state index < -0.39 is 17.8 Å². The molecule has 1 aliphatic heterocycles. The van der Waals surface area contributed by atoms with Crippen molar-refractivity contribution in [3.05, 3.63) is 65.7 Å². The quantitative estimate of drug-likeness (QED) is 0.672. The van der Waals surface area contributed by atoms with Crippen LogP contribution < -0.4 is 15.4 Å². The first-order chi connectivity index (χ1) is 11.1. The summed E-state index contributed by atoms with van der Waals surface area (Å²) < 4.78 is 5.69. The molecule has 23 heavy (non-hydrogen) atoms. The van der Waals surface area contributed by atoms with E-state index in [1.165, 1.54) is 6.08 Å². The molecule has 4 amide bonds. The second kappa shape index (κ2) is 6.15. The van der Waals surface area contributed by atoms with Gasteiger partial charge in [0, 0.05) is 0 Å². The number of benzene rings is 2. The highest BCUT2D eigenvalue weighted by atomic mass is 16.5. The molecule has 1 aliphatic rings. The van der Waals surface area contributed by atoms with Gasteiger partial charge in [-0.25, -0.2) is 4.79 Å². The standard InChI is InChI=1S/C17H12N2O4/c20-15-14(16(21)19-17(22)18-15)10-11-5-4-8-13(9-11)23-12-6-2-1-3-7-12/h1-10H,(H2,18,19,20,21,22). The molecule has 0 unspecified atom stereocenters. The number of imide groups is 2. The third-order valence-electron chi connectivity index (χ3n) is 3.09. The lowest BCUT2D eigenvalue weighted by Crippen LogP contribution is -2.51. The topological polar surface area (TPSA) is 84.5 Å². The molecule has 0 radical (unpaired) electrons. The van der Waals surface area contributed by atoms with Gasteiger partial charge in [0.1, 0.15) is 17.1 Å². The van der Waals surface area contributed by atoms with E-state index in [4.69, 9.17) is 4.74 Å². The summed E-state index contributed by atoms with van der Waals surface area (Å²) in [6, 6.07) is 15.3. The zero-order valence-corrected chi connectivity index (χ0v) is 11.9. The average molecular weight is 308 g/mol. The molecule has 0 saturated carbocycles. The maximum atomic E-state index is 11.7. The number of urea groups is 1. The summed E-state index contributed by atoms with van der Waals surface area (Å²) >= 11 is 0. The molecular formula is C17H12N2O4. The van der Waals surface area contributed by atoms with Gasteiger partial charge in [-0.2, -0.15) is 0 Å². The van der Waals surface area contributed by atoms with Gasteiger partial charge < -0.3 is 4.74 Å². The summed E-state index contributed by atoms with van der Waals surface area (Å²) in [4.78, 5) is 34.4. The zero-order valence-electron chi connectivity index (χ0n) is 11.9. The maximum absolute atomic E-state index is 11.7. The van der Waals surface area contributed by atoms with Crippen LogP contribution >= 0.6 is 0 Å². The molecule has 1 fully saturated rings. The number of hydrogen-bond acceptors (Lipinski definition) is 4. The van der Waals surface area contributed by atoms with Gasteiger partial charge >= 0.3 is 6.03 Å². The Hall–Kier alpha value is -3.41. The predicted octanol–water partition coefficient (Wildman–Crippen LogP) is 2.23. The molecule has 0 atom stereocenters. The molecule has 3 rings (SSSR count). The molecule has 2 N–H and O–H groups in total. The van der Waals surface area contributed by atoms with E-state index in [2.05, 4.69) is 0 Å². The molecule has 114 valence electrons. The molecule has 0 aliphatic carbocycles. The van der Waals surface area contributed by atoms with Crippen molar-refractivity contribution in [3.8, 4) is 11.5 Å². The maximum Gasteiger partial charge on any atom is 0.328 e. The van der Waals surface area contributed by atoms with E-state index in [-0.39, 0.29) is 5.57 Å². The number of amides is 4.